The Labute approximate surface area is 276 Å². The average Bonchev–Trinajstić information content (AvgIpc) is 3.78. The van der Waals surface area contributed by atoms with Crippen LogP contribution in [0.15, 0.2) is 163 Å². The third kappa shape index (κ3) is 3.52. The molecule has 0 radical (unpaired) electrons. The number of aliphatic imine (C=N–C) groups is 1. The summed E-state index contributed by atoms with van der Waals surface area (Å²) in [6.45, 7) is 0. The Morgan fingerprint density at radius 3 is 1.92 bits per heavy atom. The number of nitrogens with zero attached hydrogens (tertiary/aromatic N) is 3. The number of anilines is 1. The molecule has 11 rings (SSSR count). The van der Waals surface area contributed by atoms with Crippen molar-refractivity contribution in [3.8, 4) is 27.9 Å². The highest BCUT2D eigenvalue weighted by Gasteiger charge is 2.36. The van der Waals surface area contributed by atoms with E-state index < -0.39 is 0 Å². The van der Waals surface area contributed by atoms with Gasteiger partial charge in [0.15, 0.2) is 0 Å². The second-order valence-corrected chi connectivity index (χ2v) is 12.9. The van der Waals surface area contributed by atoms with Gasteiger partial charge in [0.1, 0.15) is 6.17 Å². The van der Waals surface area contributed by atoms with E-state index in [9.17, 15) is 0 Å². The molecule has 4 nitrogen and oxygen atoms in total. The van der Waals surface area contributed by atoms with Crippen LogP contribution in [-0.4, -0.2) is 14.8 Å². The summed E-state index contributed by atoms with van der Waals surface area (Å²) in [4.78, 5) is 5.26. The molecule has 2 aliphatic heterocycles. The molecule has 48 heavy (non-hydrogen) atoms. The summed E-state index contributed by atoms with van der Waals surface area (Å²) in [5.74, 6) is 0. The van der Waals surface area contributed by atoms with E-state index in [4.69, 9.17) is 4.99 Å². The number of nitrogens with one attached hydrogen (secondary N) is 1. The van der Waals surface area contributed by atoms with Crippen LogP contribution >= 0.6 is 0 Å². The van der Waals surface area contributed by atoms with Crippen molar-refractivity contribution in [2.75, 3.05) is 5.32 Å². The van der Waals surface area contributed by atoms with Crippen LogP contribution in [0.1, 0.15) is 11.7 Å². The first-order valence-electron chi connectivity index (χ1n) is 16.5. The van der Waals surface area contributed by atoms with Gasteiger partial charge in [-0.2, -0.15) is 0 Å². The third-order valence-corrected chi connectivity index (χ3v) is 10.3. The van der Waals surface area contributed by atoms with Crippen LogP contribution in [0.2, 0.25) is 0 Å². The topological polar surface area (TPSA) is 34.2 Å². The lowest BCUT2D eigenvalue weighted by Gasteiger charge is -2.25. The summed E-state index contributed by atoms with van der Waals surface area (Å²) in [7, 11) is 0. The second kappa shape index (κ2) is 9.57. The number of hydrogen-bond donors (Lipinski definition) is 1. The first kappa shape index (κ1) is 25.8. The maximum atomic E-state index is 5.26. The highest BCUT2D eigenvalue weighted by molar-refractivity contribution is 6.25. The quantitative estimate of drug-likeness (QED) is 0.212. The summed E-state index contributed by atoms with van der Waals surface area (Å²) < 4.78 is 4.84. The van der Waals surface area contributed by atoms with E-state index >= 15 is 0 Å². The summed E-state index contributed by atoms with van der Waals surface area (Å²) in [6, 6.07) is 57.1. The molecule has 0 saturated heterocycles. The number of benzene rings is 7. The fourth-order valence-electron chi connectivity index (χ4n) is 8.12. The molecule has 224 valence electrons. The Hall–Kier alpha value is -6.39. The molecule has 0 amide bonds. The Kier molecular flexibility index (Phi) is 5.13. The molecule has 2 aromatic heterocycles. The molecule has 1 unspecified atom stereocenters. The van der Waals surface area contributed by atoms with Gasteiger partial charge in [0.2, 0.25) is 0 Å². The largest absolute Gasteiger partial charge is 0.358 e. The Balaban J connectivity index is 1.18. The van der Waals surface area contributed by atoms with Gasteiger partial charge in [-0.05, 0) is 89.0 Å². The second-order valence-electron chi connectivity index (χ2n) is 12.9. The molecule has 4 heteroatoms. The molecule has 0 aliphatic carbocycles. The predicted octanol–water partition coefficient (Wildman–Crippen LogP) is 11.3. The van der Waals surface area contributed by atoms with E-state index in [2.05, 4.69) is 172 Å². The lowest BCUT2D eigenvalue weighted by atomic mass is 9.95. The van der Waals surface area contributed by atoms with Crippen molar-refractivity contribution in [2.45, 2.75) is 6.17 Å². The zero-order valence-electron chi connectivity index (χ0n) is 25.9. The maximum absolute atomic E-state index is 5.26. The van der Waals surface area contributed by atoms with Gasteiger partial charge >= 0.3 is 0 Å². The van der Waals surface area contributed by atoms with E-state index in [1.165, 1.54) is 71.4 Å². The van der Waals surface area contributed by atoms with E-state index in [0.717, 1.165) is 22.8 Å². The first-order valence-corrected chi connectivity index (χ1v) is 16.5. The molecule has 2 aliphatic rings. The third-order valence-electron chi connectivity index (χ3n) is 10.3. The van der Waals surface area contributed by atoms with E-state index in [0.29, 0.717) is 0 Å². The number of rotatable bonds is 3. The van der Waals surface area contributed by atoms with Gasteiger partial charge in [0.25, 0.3) is 0 Å². The van der Waals surface area contributed by atoms with Crippen molar-refractivity contribution in [3.63, 3.8) is 0 Å². The normalized spacial score (nSPS) is 14.8. The molecule has 1 N–H and O–H groups in total. The van der Waals surface area contributed by atoms with Crippen molar-refractivity contribution in [1.29, 1.82) is 0 Å². The Morgan fingerprint density at radius 1 is 0.479 bits per heavy atom. The number of fused-ring (bicyclic) bond motifs is 10. The maximum Gasteiger partial charge on any atom is 0.148 e. The average molecular weight is 613 g/mol. The number of aromatic nitrogens is 2. The molecular weight excluding hydrogens is 585 g/mol. The monoisotopic (exact) mass is 612 g/mol. The van der Waals surface area contributed by atoms with E-state index in [1.54, 1.807) is 0 Å². The summed E-state index contributed by atoms with van der Waals surface area (Å²) in [5, 5.41) is 8.83. The lowest BCUT2D eigenvalue weighted by molar-refractivity contribution is 0.779. The molecule has 7 aromatic carbocycles. The fourth-order valence-corrected chi connectivity index (χ4v) is 8.12. The van der Waals surface area contributed by atoms with Crippen molar-refractivity contribution < 1.29 is 0 Å². The number of para-hydroxylation sites is 4. The highest BCUT2D eigenvalue weighted by Crippen LogP contribution is 2.47. The molecular formula is C44H28N4. The molecule has 0 fully saturated rings. The van der Waals surface area contributed by atoms with Gasteiger partial charge in [-0.1, -0.05) is 91.0 Å². The Bertz CT molecular complexity index is 2800. The minimum atomic E-state index is -0.0460. The molecule has 0 saturated carbocycles. The van der Waals surface area contributed by atoms with Crippen molar-refractivity contribution >= 4 is 60.7 Å². The van der Waals surface area contributed by atoms with Crippen molar-refractivity contribution in [3.05, 3.63) is 163 Å². The van der Waals surface area contributed by atoms with Gasteiger partial charge in [-0.15, -0.1) is 0 Å². The zero-order valence-corrected chi connectivity index (χ0v) is 25.9. The SMILES string of the molecule is c1ccc(-c2ccc3c(c2)c2cc(-c4cc5c6c(c4)c4ccccc4n6C4Nc6ccccc6N=C54)ccc2n3-c2ccccc2)cc1. The van der Waals surface area contributed by atoms with E-state index in [1.807, 2.05) is 0 Å². The van der Waals surface area contributed by atoms with Crippen LogP contribution in [0.25, 0.3) is 71.6 Å². The zero-order chi connectivity index (χ0) is 31.3. The van der Waals surface area contributed by atoms with Crippen LogP contribution in [-0.2, 0) is 0 Å². The van der Waals surface area contributed by atoms with Gasteiger partial charge in [0.05, 0.1) is 39.2 Å². The van der Waals surface area contributed by atoms with Crippen molar-refractivity contribution in [2.24, 2.45) is 4.99 Å². The van der Waals surface area contributed by atoms with Gasteiger partial charge < -0.3 is 14.5 Å². The number of hydrogen-bond acceptors (Lipinski definition) is 2. The van der Waals surface area contributed by atoms with Gasteiger partial charge in [-0.25, -0.2) is 4.99 Å². The van der Waals surface area contributed by atoms with Crippen LogP contribution in [0.5, 0.6) is 0 Å². The molecule has 0 spiro atoms. The standard InChI is InChI=1S/C44H28N4/c1-3-11-27(12-4-1)28-19-21-40-33(23-28)34-24-29(20-22-41(34)47(40)31-13-5-2-6-14-31)30-25-35-32-15-7-10-18-39(32)48-43(35)36(26-30)42-44(48)46-38-17-9-8-16-37(38)45-42/h1-26,44,46H. The van der Waals surface area contributed by atoms with Gasteiger partial charge in [0, 0.05) is 32.8 Å². The fraction of sp³-hybridized carbons (Fsp3) is 0.0227. The molecule has 4 heterocycles. The minimum absolute atomic E-state index is 0.0460. The predicted molar refractivity (Wildman–Crippen MR) is 200 cm³/mol. The van der Waals surface area contributed by atoms with Crippen LogP contribution < -0.4 is 5.32 Å². The molecule has 0 bridgehead atoms. The van der Waals surface area contributed by atoms with Gasteiger partial charge in [-0.3, -0.25) is 0 Å². The van der Waals surface area contributed by atoms with E-state index in [-0.39, 0.29) is 6.17 Å². The molecule has 1 atom stereocenters. The first-order chi connectivity index (χ1) is 23.8. The van der Waals surface area contributed by atoms with Crippen LogP contribution in [0.4, 0.5) is 11.4 Å². The minimum Gasteiger partial charge on any atom is -0.358 e. The Morgan fingerprint density at radius 2 is 1.12 bits per heavy atom. The summed E-state index contributed by atoms with van der Waals surface area (Å²) in [6.07, 6.45) is -0.0460. The van der Waals surface area contributed by atoms with Crippen LogP contribution in [0.3, 0.4) is 0 Å². The smallest absolute Gasteiger partial charge is 0.148 e. The molecule has 9 aromatic rings. The lowest BCUT2D eigenvalue weighted by Crippen LogP contribution is -2.24. The van der Waals surface area contributed by atoms with Crippen LogP contribution in [0, 0.1) is 0 Å². The highest BCUT2D eigenvalue weighted by atomic mass is 15.2. The summed E-state index contributed by atoms with van der Waals surface area (Å²) in [5.41, 5.74) is 15.2. The van der Waals surface area contributed by atoms with Crippen molar-refractivity contribution in [1.82, 2.24) is 9.13 Å². The summed E-state index contributed by atoms with van der Waals surface area (Å²) >= 11 is 0.